The molecule has 0 saturated heterocycles. The minimum Gasteiger partial charge on any atom is -0.255 e. The largest absolute Gasteiger partial charge is 0.255 e. The van der Waals surface area contributed by atoms with Gasteiger partial charge in [-0.3, -0.25) is 9.97 Å². The molecule has 0 aromatic carbocycles. The van der Waals surface area contributed by atoms with Crippen LogP contribution in [0.2, 0.25) is 0 Å². The molecule has 0 saturated carbocycles. The number of halogens is 1. The molecule has 0 spiro atoms. The van der Waals surface area contributed by atoms with Crippen molar-refractivity contribution in [1.82, 2.24) is 15.0 Å². The zero-order valence-corrected chi connectivity index (χ0v) is 13.4. The minimum absolute atomic E-state index is 0.860. The van der Waals surface area contributed by atoms with E-state index < -0.39 is 0 Å². The molecule has 0 radical (unpaired) electrons. The van der Waals surface area contributed by atoms with Gasteiger partial charge in [-0.25, -0.2) is 4.98 Å². The molecular formula is C15H11ClN3Pt. The van der Waals surface area contributed by atoms with Crippen molar-refractivity contribution in [2.75, 3.05) is 0 Å². The third-order valence-electron chi connectivity index (χ3n) is 2.60. The summed E-state index contributed by atoms with van der Waals surface area (Å²) >= 11 is 1.61. The van der Waals surface area contributed by atoms with Crippen molar-refractivity contribution in [3.63, 3.8) is 0 Å². The molecule has 0 unspecified atom stereocenters. The van der Waals surface area contributed by atoms with E-state index in [1.807, 2.05) is 54.6 Å². The van der Waals surface area contributed by atoms with Crippen molar-refractivity contribution in [2.24, 2.45) is 0 Å². The summed E-state index contributed by atoms with van der Waals surface area (Å²) in [6.07, 6.45) is 3.54. The molecule has 5 heteroatoms. The van der Waals surface area contributed by atoms with Gasteiger partial charge in [0.15, 0.2) is 0 Å². The van der Waals surface area contributed by atoms with Crippen LogP contribution in [-0.4, -0.2) is 15.0 Å². The predicted octanol–water partition coefficient (Wildman–Crippen LogP) is 3.89. The normalized spacial score (nSPS) is 9.55. The quantitative estimate of drug-likeness (QED) is 0.579. The molecule has 0 N–H and O–H groups in total. The maximum absolute atomic E-state index is 4.61. The molecule has 0 aliphatic rings. The monoisotopic (exact) mass is 463 g/mol. The molecule has 3 rings (SSSR count). The average Bonchev–Trinajstić information content (AvgIpc) is 2.58. The standard InChI is InChI=1S/C15H11N3.ClH.Pt/c1-3-10-16-12(6-1)14-8-5-9-15(18-14)13-7-2-4-11-17-13;;/h1-11H;1H;/q;;+1/p-1. The second kappa shape index (κ2) is 7.88. The third-order valence-corrected chi connectivity index (χ3v) is 2.60. The molecule has 3 heterocycles. The number of rotatable bonds is 2. The summed E-state index contributed by atoms with van der Waals surface area (Å²) in [5.41, 5.74) is 3.46. The molecule has 0 amide bonds. The van der Waals surface area contributed by atoms with E-state index in [2.05, 4.69) is 24.4 Å². The SMILES string of the molecule is [Cl][Pt].c1ccc(-c2cccc(-c3ccccn3)n2)nc1. The van der Waals surface area contributed by atoms with E-state index in [4.69, 9.17) is 0 Å². The Balaban J connectivity index is 0.000000704. The molecule has 0 atom stereocenters. The van der Waals surface area contributed by atoms with Gasteiger partial charge in [0.1, 0.15) is 0 Å². The number of aromatic nitrogens is 3. The Bertz CT molecular complexity index is 593. The minimum atomic E-state index is 0.860. The Morgan fingerprint density at radius 2 is 1.05 bits per heavy atom. The Morgan fingerprint density at radius 1 is 0.600 bits per heavy atom. The fourth-order valence-corrected chi connectivity index (χ4v) is 1.75. The van der Waals surface area contributed by atoms with Gasteiger partial charge in [-0.2, -0.15) is 0 Å². The summed E-state index contributed by atoms with van der Waals surface area (Å²) in [4.78, 5) is 13.2. The Hall–Kier alpha value is -1.57. The summed E-state index contributed by atoms with van der Waals surface area (Å²) in [5.74, 6) is 0. The molecule has 0 bridgehead atoms. The maximum atomic E-state index is 4.61. The van der Waals surface area contributed by atoms with Gasteiger partial charge in [-0.15, -0.1) is 0 Å². The number of hydrogen-bond donors (Lipinski definition) is 0. The molecule has 0 fully saturated rings. The van der Waals surface area contributed by atoms with Gasteiger partial charge in [0, 0.05) is 12.4 Å². The van der Waals surface area contributed by atoms with Crippen LogP contribution in [-0.2, 0) is 18.8 Å². The van der Waals surface area contributed by atoms with E-state index in [1.165, 1.54) is 0 Å². The first-order valence-electron chi connectivity index (χ1n) is 5.85. The summed E-state index contributed by atoms with van der Waals surface area (Å²) in [7, 11) is 4.61. The molecular weight excluding hydrogens is 453 g/mol. The summed E-state index contributed by atoms with van der Waals surface area (Å²) < 4.78 is 0. The van der Waals surface area contributed by atoms with Gasteiger partial charge in [-0.1, -0.05) is 18.2 Å². The van der Waals surface area contributed by atoms with Crippen LogP contribution in [0.3, 0.4) is 0 Å². The number of pyridine rings is 3. The van der Waals surface area contributed by atoms with E-state index in [9.17, 15) is 0 Å². The molecule has 20 heavy (non-hydrogen) atoms. The first-order valence-corrected chi connectivity index (χ1v) is 8.67. The van der Waals surface area contributed by atoms with Crippen LogP contribution in [0.5, 0.6) is 0 Å². The molecule has 3 aromatic rings. The molecule has 3 aromatic heterocycles. The van der Waals surface area contributed by atoms with Gasteiger partial charge in [0.2, 0.25) is 0 Å². The van der Waals surface area contributed by atoms with Crippen molar-refractivity contribution in [3.05, 3.63) is 67.0 Å². The van der Waals surface area contributed by atoms with Gasteiger partial charge in [-0.05, 0) is 36.4 Å². The van der Waals surface area contributed by atoms with Crippen LogP contribution < -0.4 is 0 Å². The third kappa shape index (κ3) is 3.72. The number of nitrogens with zero attached hydrogens (tertiary/aromatic N) is 3. The van der Waals surface area contributed by atoms with Crippen LogP contribution in [0.25, 0.3) is 22.8 Å². The van der Waals surface area contributed by atoms with Gasteiger partial charge >= 0.3 is 28.2 Å². The summed E-state index contributed by atoms with van der Waals surface area (Å²) in [5, 5.41) is 0. The van der Waals surface area contributed by atoms with Crippen molar-refractivity contribution < 1.29 is 18.8 Å². The number of hydrogen-bond acceptors (Lipinski definition) is 3. The van der Waals surface area contributed by atoms with E-state index >= 15 is 0 Å². The Labute approximate surface area is 132 Å². The molecule has 0 aliphatic heterocycles. The zero-order valence-electron chi connectivity index (χ0n) is 10.4. The second-order valence-corrected chi connectivity index (χ2v) is 3.84. The predicted molar refractivity (Wildman–Crippen MR) is 76.6 cm³/mol. The van der Waals surface area contributed by atoms with E-state index in [0.29, 0.717) is 0 Å². The van der Waals surface area contributed by atoms with Crippen molar-refractivity contribution >= 4 is 9.42 Å². The van der Waals surface area contributed by atoms with Crippen LogP contribution in [0.4, 0.5) is 0 Å². The maximum Gasteiger partial charge on any atom is 0.0894 e. The Morgan fingerprint density at radius 3 is 1.45 bits per heavy atom. The fourth-order valence-electron chi connectivity index (χ4n) is 1.75. The molecule has 103 valence electrons. The average molecular weight is 464 g/mol. The van der Waals surface area contributed by atoms with Crippen LogP contribution >= 0.6 is 9.42 Å². The second-order valence-electron chi connectivity index (χ2n) is 3.84. The van der Waals surface area contributed by atoms with Crippen molar-refractivity contribution in [1.29, 1.82) is 0 Å². The van der Waals surface area contributed by atoms with Crippen molar-refractivity contribution in [3.8, 4) is 22.8 Å². The van der Waals surface area contributed by atoms with Crippen LogP contribution in [0, 0.1) is 0 Å². The summed E-state index contributed by atoms with van der Waals surface area (Å²) in [6, 6.07) is 17.5. The van der Waals surface area contributed by atoms with E-state index in [1.54, 1.807) is 31.2 Å². The van der Waals surface area contributed by atoms with Gasteiger partial charge < -0.3 is 0 Å². The fraction of sp³-hybridized carbons (Fsp3) is 0. The van der Waals surface area contributed by atoms with E-state index in [0.717, 1.165) is 22.8 Å². The topological polar surface area (TPSA) is 38.7 Å². The van der Waals surface area contributed by atoms with Gasteiger partial charge in [0.25, 0.3) is 0 Å². The first kappa shape index (κ1) is 14.8. The molecule has 3 nitrogen and oxygen atoms in total. The van der Waals surface area contributed by atoms with Crippen molar-refractivity contribution in [2.45, 2.75) is 0 Å². The molecule has 0 aliphatic carbocycles. The van der Waals surface area contributed by atoms with Crippen LogP contribution in [0.15, 0.2) is 67.0 Å². The smallest absolute Gasteiger partial charge is 0.0894 e. The zero-order chi connectivity index (χ0) is 14.2. The van der Waals surface area contributed by atoms with E-state index in [-0.39, 0.29) is 0 Å². The first-order chi connectivity index (χ1) is 9.93. The van der Waals surface area contributed by atoms with Crippen LogP contribution in [0.1, 0.15) is 0 Å². The summed E-state index contributed by atoms with van der Waals surface area (Å²) in [6.45, 7) is 0. The van der Waals surface area contributed by atoms with Gasteiger partial charge in [0.05, 0.1) is 22.8 Å². The Kier molecular flexibility index (Phi) is 5.84.